The largest absolute Gasteiger partial charge is 0.479 e. The number of benzene rings is 1. The number of ketones is 1. The van der Waals surface area contributed by atoms with Gasteiger partial charge in [0.1, 0.15) is 0 Å². The molecule has 0 saturated carbocycles. The van der Waals surface area contributed by atoms with E-state index >= 15 is 0 Å². The third kappa shape index (κ3) is 3.80. The zero-order valence-electron chi connectivity index (χ0n) is 11.5. The van der Waals surface area contributed by atoms with E-state index in [-0.39, 0.29) is 23.3 Å². The number of carboxylic acids is 1. The van der Waals surface area contributed by atoms with Gasteiger partial charge in [0.05, 0.1) is 17.5 Å². The molecule has 0 aliphatic heterocycles. The van der Waals surface area contributed by atoms with Crippen LogP contribution in [-0.2, 0) is 9.53 Å². The van der Waals surface area contributed by atoms with Gasteiger partial charge in [0, 0.05) is 11.1 Å². The van der Waals surface area contributed by atoms with Crippen LogP contribution in [0.1, 0.15) is 46.2 Å². The Morgan fingerprint density at radius 3 is 2.43 bits per heavy atom. The second-order valence-corrected chi connectivity index (χ2v) is 4.87. The summed E-state index contributed by atoms with van der Waals surface area (Å²) < 4.78 is 4.83. The highest BCUT2D eigenvalue weighted by Gasteiger charge is 2.29. The van der Waals surface area contributed by atoms with Crippen molar-refractivity contribution in [2.45, 2.75) is 25.3 Å². The van der Waals surface area contributed by atoms with Crippen LogP contribution in [0.3, 0.4) is 0 Å². The third-order valence-corrected chi connectivity index (χ3v) is 2.93. The minimum Gasteiger partial charge on any atom is -0.479 e. The molecule has 0 amide bonds. The fraction of sp³-hybridized carbons (Fsp3) is 0.357. The fourth-order valence-corrected chi connectivity index (χ4v) is 1.89. The average Bonchev–Trinajstić information content (AvgIpc) is 2.44. The van der Waals surface area contributed by atoms with Crippen molar-refractivity contribution in [2.75, 3.05) is 6.61 Å². The van der Waals surface area contributed by atoms with Gasteiger partial charge in [-0.3, -0.25) is 4.79 Å². The lowest BCUT2D eigenvalue weighted by molar-refractivity contribution is -0.146. The van der Waals surface area contributed by atoms with Gasteiger partial charge < -0.3 is 14.9 Å². The van der Waals surface area contributed by atoms with Gasteiger partial charge in [0.2, 0.25) is 0 Å². The number of carbonyl (C=O) groups excluding carboxylic acids is 2. The fourth-order valence-electron chi connectivity index (χ4n) is 1.78. The first-order chi connectivity index (χ1) is 9.81. The van der Waals surface area contributed by atoms with Crippen molar-refractivity contribution in [3.05, 3.63) is 34.9 Å². The van der Waals surface area contributed by atoms with E-state index < -0.39 is 29.2 Å². The lowest BCUT2D eigenvalue weighted by Gasteiger charge is -2.16. The number of aliphatic carboxylic acids is 1. The normalized spacial score (nSPS) is 13.3. The SMILES string of the molecule is CCOC(=O)c1cccc(C(O)C(=O)O)c1C(=O)C(C)Cl. The summed E-state index contributed by atoms with van der Waals surface area (Å²) in [6.45, 7) is 3.08. The van der Waals surface area contributed by atoms with Gasteiger partial charge in [0.25, 0.3) is 0 Å². The van der Waals surface area contributed by atoms with Gasteiger partial charge in [-0.25, -0.2) is 9.59 Å². The number of aliphatic hydroxyl groups excluding tert-OH is 1. The quantitative estimate of drug-likeness (QED) is 0.471. The predicted molar refractivity (Wildman–Crippen MR) is 74.6 cm³/mol. The van der Waals surface area contributed by atoms with E-state index in [1.165, 1.54) is 25.1 Å². The Labute approximate surface area is 126 Å². The average molecular weight is 315 g/mol. The van der Waals surface area contributed by atoms with E-state index in [2.05, 4.69) is 0 Å². The molecule has 2 atom stereocenters. The summed E-state index contributed by atoms with van der Waals surface area (Å²) in [6.07, 6.45) is -1.94. The summed E-state index contributed by atoms with van der Waals surface area (Å²) in [4.78, 5) is 35.0. The number of hydrogen-bond acceptors (Lipinski definition) is 5. The molecule has 0 aliphatic carbocycles. The van der Waals surface area contributed by atoms with Gasteiger partial charge in [-0.15, -0.1) is 11.6 Å². The van der Waals surface area contributed by atoms with Crippen LogP contribution >= 0.6 is 11.6 Å². The van der Waals surface area contributed by atoms with E-state index in [1.807, 2.05) is 0 Å². The molecule has 0 saturated heterocycles. The minimum atomic E-state index is -1.94. The number of aliphatic hydroxyl groups is 1. The first kappa shape index (κ1) is 17.1. The molecule has 1 aromatic rings. The van der Waals surface area contributed by atoms with Crippen molar-refractivity contribution in [1.82, 2.24) is 0 Å². The predicted octanol–water partition coefficient (Wildman–Crippen LogP) is 1.79. The second-order valence-electron chi connectivity index (χ2n) is 4.21. The van der Waals surface area contributed by atoms with Crippen LogP contribution in [0.15, 0.2) is 18.2 Å². The molecule has 0 aromatic heterocycles. The molecule has 0 aliphatic rings. The topological polar surface area (TPSA) is 101 Å². The van der Waals surface area contributed by atoms with Crippen molar-refractivity contribution in [2.24, 2.45) is 0 Å². The first-order valence-corrected chi connectivity index (χ1v) is 6.64. The summed E-state index contributed by atoms with van der Waals surface area (Å²) in [5, 5.41) is 17.6. The standard InChI is InChI=1S/C14H15ClO6/c1-3-21-14(20)9-6-4-5-8(12(17)13(18)19)10(9)11(16)7(2)15/h4-7,12,17H,3H2,1-2H3,(H,18,19). The Morgan fingerprint density at radius 1 is 1.33 bits per heavy atom. The van der Waals surface area contributed by atoms with E-state index in [9.17, 15) is 19.5 Å². The lowest BCUT2D eigenvalue weighted by atomic mass is 9.93. The Morgan fingerprint density at radius 2 is 1.95 bits per heavy atom. The molecular weight excluding hydrogens is 300 g/mol. The Bertz CT molecular complexity index is 567. The maximum Gasteiger partial charge on any atom is 0.338 e. The molecule has 0 spiro atoms. The summed E-state index contributed by atoms with van der Waals surface area (Å²) >= 11 is 5.74. The van der Waals surface area contributed by atoms with Gasteiger partial charge in [-0.1, -0.05) is 12.1 Å². The highest BCUT2D eigenvalue weighted by atomic mass is 35.5. The number of esters is 1. The zero-order chi connectivity index (χ0) is 16.2. The van der Waals surface area contributed by atoms with Crippen LogP contribution in [0.2, 0.25) is 0 Å². The number of alkyl halides is 1. The van der Waals surface area contributed by atoms with Crippen molar-refractivity contribution >= 4 is 29.3 Å². The maximum absolute atomic E-state index is 12.2. The van der Waals surface area contributed by atoms with Crippen LogP contribution in [0, 0.1) is 0 Å². The van der Waals surface area contributed by atoms with Crippen molar-refractivity contribution < 1.29 is 29.3 Å². The molecule has 2 unspecified atom stereocenters. The monoisotopic (exact) mass is 314 g/mol. The summed E-state index contributed by atoms with van der Waals surface area (Å²) in [6, 6.07) is 3.94. The van der Waals surface area contributed by atoms with Gasteiger partial charge in [-0.05, 0) is 19.9 Å². The summed E-state index contributed by atoms with van der Waals surface area (Å²) in [5.74, 6) is -2.97. The number of halogens is 1. The van der Waals surface area contributed by atoms with Crippen molar-refractivity contribution in [3.8, 4) is 0 Å². The highest BCUT2D eigenvalue weighted by Crippen LogP contribution is 2.25. The smallest absolute Gasteiger partial charge is 0.338 e. The molecule has 0 fully saturated rings. The van der Waals surface area contributed by atoms with Crippen molar-refractivity contribution in [1.29, 1.82) is 0 Å². The van der Waals surface area contributed by atoms with Crippen LogP contribution in [0.25, 0.3) is 0 Å². The number of ether oxygens (including phenoxy) is 1. The molecular formula is C14H15ClO6. The van der Waals surface area contributed by atoms with Gasteiger partial charge in [0.15, 0.2) is 11.9 Å². The van der Waals surface area contributed by atoms with Crippen LogP contribution in [0.5, 0.6) is 0 Å². The number of hydrogen-bond donors (Lipinski definition) is 2. The third-order valence-electron chi connectivity index (χ3n) is 2.73. The van der Waals surface area contributed by atoms with Crippen molar-refractivity contribution in [3.63, 3.8) is 0 Å². The minimum absolute atomic E-state index is 0.0919. The Kier molecular flexibility index (Phi) is 5.87. The van der Waals surface area contributed by atoms with Gasteiger partial charge in [-0.2, -0.15) is 0 Å². The molecule has 7 heteroatoms. The van der Waals surface area contributed by atoms with Crippen LogP contribution in [-0.4, -0.2) is 39.9 Å². The molecule has 6 nitrogen and oxygen atoms in total. The second kappa shape index (κ2) is 7.19. The van der Waals surface area contributed by atoms with E-state index in [4.69, 9.17) is 21.4 Å². The molecule has 0 radical (unpaired) electrons. The number of rotatable bonds is 6. The summed E-state index contributed by atoms with van der Waals surface area (Å²) in [7, 11) is 0. The summed E-state index contributed by atoms with van der Waals surface area (Å²) in [5.41, 5.74) is -0.536. The zero-order valence-corrected chi connectivity index (χ0v) is 12.3. The molecule has 2 N–H and O–H groups in total. The van der Waals surface area contributed by atoms with E-state index in [1.54, 1.807) is 6.92 Å². The molecule has 21 heavy (non-hydrogen) atoms. The molecule has 1 aromatic carbocycles. The number of carbonyl (C=O) groups is 3. The Hall–Kier alpha value is -1.92. The lowest BCUT2D eigenvalue weighted by Crippen LogP contribution is -2.23. The van der Waals surface area contributed by atoms with E-state index in [0.717, 1.165) is 0 Å². The number of Topliss-reactive ketones (excluding diaryl/α,β-unsaturated/α-hetero) is 1. The molecule has 0 heterocycles. The van der Waals surface area contributed by atoms with Crippen LogP contribution in [0.4, 0.5) is 0 Å². The van der Waals surface area contributed by atoms with Crippen LogP contribution < -0.4 is 0 Å². The molecule has 0 bridgehead atoms. The molecule has 114 valence electrons. The maximum atomic E-state index is 12.2. The highest BCUT2D eigenvalue weighted by molar-refractivity contribution is 6.34. The molecule has 1 rings (SSSR count). The van der Waals surface area contributed by atoms with E-state index in [0.29, 0.717) is 0 Å². The first-order valence-electron chi connectivity index (χ1n) is 6.20. The number of carboxylic acid groups (broad SMARTS) is 1. The van der Waals surface area contributed by atoms with Gasteiger partial charge >= 0.3 is 11.9 Å². The Balaban J connectivity index is 3.52.